The van der Waals surface area contributed by atoms with Gasteiger partial charge in [0.15, 0.2) is 0 Å². The van der Waals surface area contributed by atoms with Crippen molar-refractivity contribution in [2.75, 3.05) is 18.9 Å². The highest BCUT2D eigenvalue weighted by atomic mass is 35.5. The maximum atomic E-state index is 12.0. The van der Waals surface area contributed by atoms with E-state index in [1.165, 1.54) is 43.9 Å². The molecule has 3 N–H and O–H groups in total. The van der Waals surface area contributed by atoms with Gasteiger partial charge in [-0.05, 0) is 54.7 Å². The zero-order valence-corrected chi connectivity index (χ0v) is 20.9. The molecule has 184 valence electrons. The van der Waals surface area contributed by atoms with Gasteiger partial charge in [-0.3, -0.25) is 4.79 Å². The smallest absolute Gasteiger partial charge is 0.247 e. The Morgan fingerprint density at radius 2 is 1.89 bits per heavy atom. The van der Waals surface area contributed by atoms with Gasteiger partial charge in [0.1, 0.15) is 29.7 Å². The fraction of sp³-hybridized carbons (Fsp3) is 0.360. The first-order chi connectivity index (χ1) is 17.1. The number of hydrogen-bond donors (Lipinski definition) is 2. The van der Waals surface area contributed by atoms with Crippen molar-refractivity contribution >= 4 is 40.2 Å². The van der Waals surface area contributed by atoms with Crippen molar-refractivity contribution in [2.45, 2.75) is 44.4 Å². The zero-order valence-electron chi connectivity index (χ0n) is 19.3. The molecule has 0 radical (unpaired) electrons. The zero-order chi connectivity index (χ0) is 24.5. The van der Waals surface area contributed by atoms with Crippen LogP contribution in [-0.2, 0) is 11.2 Å². The molecule has 0 saturated heterocycles. The second-order valence-corrected chi connectivity index (χ2v) is 9.82. The summed E-state index contributed by atoms with van der Waals surface area (Å²) in [7, 11) is 0. The van der Waals surface area contributed by atoms with Gasteiger partial charge in [0, 0.05) is 10.6 Å². The maximum Gasteiger partial charge on any atom is 0.247 e. The van der Waals surface area contributed by atoms with Gasteiger partial charge < -0.3 is 15.2 Å². The molecule has 2 aromatic carbocycles. The summed E-state index contributed by atoms with van der Waals surface area (Å²) in [6.45, 7) is 0.737. The molecular formula is C25H28ClN5O3S. The van der Waals surface area contributed by atoms with Gasteiger partial charge in [-0.1, -0.05) is 54.3 Å². The van der Waals surface area contributed by atoms with E-state index in [-0.39, 0.29) is 12.3 Å². The van der Waals surface area contributed by atoms with Crippen LogP contribution in [0.4, 0.5) is 5.13 Å². The summed E-state index contributed by atoms with van der Waals surface area (Å²) in [6, 6.07) is 13.6. The number of hydrazone groups is 1. The lowest BCUT2D eigenvalue weighted by Gasteiger charge is -2.22. The summed E-state index contributed by atoms with van der Waals surface area (Å²) in [5.74, 6) is 1.76. The van der Waals surface area contributed by atoms with Gasteiger partial charge >= 0.3 is 0 Å². The van der Waals surface area contributed by atoms with E-state index in [1.807, 2.05) is 12.1 Å². The van der Waals surface area contributed by atoms with E-state index in [0.717, 1.165) is 17.1 Å². The maximum absolute atomic E-state index is 12.0. The van der Waals surface area contributed by atoms with Crippen LogP contribution < -0.4 is 20.6 Å². The largest absolute Gasteiger partial charge is 0.490 e. The van der Waals surface area contributed by atoms with Crippen LogP contribution in [0.15, 0.2) is 47.6 Å². The molecule has 1 fully saturated rings. The highest BCUT2D eigenvalue weighted by Gasteiger charge is 2.15. The Hall–Kier alpha value is -3.17. The number of anilines is 1. The minimum absolute atomic E-state index is 0.0457. The van der Waals surface area contributed by atoms with Crippen molar-refractivity contribution in [3.05, 3.63) is 63.6 Å². The van der Waals surface area contributed by atoms with Gasteiger partial charge in [0.05, 0.1) is 12.6 Å². The summed E-state index contributed by atoms with van der Waals surface area (Å²) in [5.41, 5.74) is 10.0. The van der Waals surface area contributed by atoms with Crippen molar-refractivity contribution < 1.29 is 14.3 Å². The van der Waals surface area contributed by atoms with E-state index >= 15 is 0 Å². The molecule has 0 bridgehead atoms. The quantitative estimate of drug-likeness (QED) is 0.225. The molecule has 1 aromatic heterocycles. The summed E-state index contributed by atoms with van der Waals surface area (Å²) in [4.78, 5) is 12.0. The van der Waals surface area contributed by atoms with E-state index in [2.05, 4.69) is 32.9 Å². The SMILES string of the molecule is Nc1nnc(CC(=O)NN=Cc2cc(Cl)ccc2OCCOc2ccc(C3CCCCC3)cc2)s1. The third kappa shape index (κ3) is 7.66. The van der Waals surface area contributed by atoms with Gasteiger partial charge in [-0.15, -0.1) is 10.2 Å². The molecule has 10 heteroatoms. The number of carbonyl (C=O) groups excluding carboxylic acids is 1. The van der Waals surface area contributed by atoms with Crippen LogP contribution in [0.2, 0.25) is 5.02 Å². The van der Waals surface area contributed by atoms with Crippen LogP contribution in [0.5, 0.6) is 11.5 Å². The fourth-order valence-electron chi connectivity index (χ4n) is 4.02. The first kappa shape index (κ1) is 24.9. The molecule has 0 unspecified atom stereocenters. The van der Waals surface area contributed by atoms with Crippen LogP contribution in [0, 0.1) is 0 Å². The van der Waals surface area contributed by atoms with Crippen molar-refractivity contribution in [1.29, 1.82) is 0 Å². The molecule has 1 aliphatic carbocycles. The topological polar surface area (TPSA) is 112 Å². The molecule has 1 heterocycles. The van der Waals surface area contributed by atoms with Crippen LogP contribution >= 0.6 is 22.9 Å². The minimum Gasteiger partial charge on any atom is -0.490 e. The lowest BCUT2D eigenvalue weighted by molar-refractivity contribution is -0.120. The van der Waals surface area contributed by atoms with E-state index in [1.54, 1.807) is 18.2 Å². The van der Waals surface area contributed by atoms with E-state index in [4.69, 9.17) is 26.8 Å². The number of amides is 1. The molecule has 1 aliphatic rings. The Balaban J connectivity index is 1.24. The number of halogens is 1. The predicted octanol–water partition coefficient (Wildman–Crippen LogP) is 4.97. The standard InChI is InChI=1S/C25H28ClN5O3S/c26-20-8-11-22(19(14-20)16-28-29-23(32)15-24-30-31-25(27)35-24)34-13-12-33-21-9-6-18(7-10-21)17-4-2-1-3-5-17/h6-11,14,16-17H,1-5,12-13,15H2,(H2,27,31)(H,29,32). The second kappa shape index (κ2) is 12.5. The molecule has 0 atom stereocenters. The third-order valence-corrected chi connectivity index (χ3v) is 6.71. The lowest BCUT2D eigenvalue weighted by Crippen LogP contribution is -2.19. The molecule has 1 amide bonds. The average molecular weight is 514 g/mol. The lowest BCUT2D eigenvalue weighted by atomic mass is 9.84. The number of nitrogens with two attached hydrogens (primary N) is 1. The number of nitrogens with zero attached hydrogens (tertiary/aromatic N) is 3. The third-order valence-electron chi connectivity index (χ3n) is 5.73. The molecule has 0 spiro atoms. The Labute approximate surface area is 213 Å². The van der Waals surface area contributed by atoms with Crippen molar-refractivity contribution in [2.24, 2.45) is 5.10 Å². The Morgan fingerprint density at radius 3 is 2.63 bits per heavy atom. The van der Waals surface area contributed by atoms with Gasteiger partial charge in [0.25, 0.3) is 0 Å². The van der Waals surface area contributed by atoms with Crippen molar-refractivity contribution in [3.63, 3.8) is 0 Å². The van der Waals surface area contributed by atoms with E-state index in [0.29, 0.717) is 45.6 Å². The molecule has 0 aliphatic heterocycles. The molecular weight excluding hydrogens is 486 g/mol. The Bertz CT molecular complexity index is 1150. The molecule has 35 heavy (non-hydrogen) atoms. The Morgan fingerprint density at radius 1 is 1.11 bits per heavy atom. The summed E-state index contributed by atoms with van der Waals surface area (Å²) < 4.78 is 11.7. The molecule has 8 nitrogen and oxygen atoms in total. The number of aromatic nitrogens is 2. The monoisotopic (exact) mass is 513 g/mol. The van der Waals surface area contributed by atoms with E-state index < -0.39 is 0 Å². The van der Waals surface area contributed by atoms with Crippen molar-refractivity contribution in [1.82, 2.24) is 15.6 Å². The Kier molecular flexibility index (Phi) is 8.91. The molecule has 1 saturated carbocycles. The number of ether oxygens (including phenoxy) is 2. The summed E-state index contributed by atoms with van der Waals surface area (Å²) in [6.07, 6.45) is 8.09. The number of nitrogens with one attached hydrogen (secondary N) is 1. The number of hydrogen-bond acceptors (Lipinski definition) is 8. The van der Waals surface area contributed by atoms with E-state index in [9.17, 15) is 4.79 Å². The normalized spacial score (nSPS) is 14.2. The van der Waals surface area contributed by atoms with Crippen LogP contribution in [-0.4, -0.2) is 35.5 Å². The summed E-state index contributed by atoms with van der Waals surface area (Å²) in [5, 5.41) is 12.9. The highest BCUT2D eigenvalue weighted by Crippen LogP contribution is 2.33. The first-order valence-electron chi connectivity index (χ1n) is 11.6. The molecule has 3 aromatic rings. The number of rotatable bonds is 10. The fourth-order valence-corrected chi connectivity index (χ4v) is 4.81. The molecule has 4 rings (SSSR count). The van der Waals surface area contributed by atoms with Gasteiger partial charge in [-0.2, -0.15) is 5.10 Å². The first-order valence-corrected chi connectivity index (χ1v) is 12.8. The average Bonchev–Trinajstić information content (AvgIpc) is 3.28. The second-order valence-electron chi connectivity index (χ2n) is 8.29. The number of carbonyl (C=O) groups is 1. The minimum atomic E-state index is -0.329. The number of benzene rings is 2. The highest BCUT2D eigenvalue weighted by molar-refractivity contribution is 7.15. The number of nitrogen functional groups attached to an aromatic ring is 1. The van der Waals surface area contributed by atoms with Crippen LogP contribution in [0.25, 0.3) is 0 Å². The van der Waals surface area contributed by atoms with Gasteiger partial charge in [-0.25, -0.2) is 5.43 Å². The summed E-state index contributed by atoms with van der Waals surface area (Å²) >= 11 is 7.28. The predicted molar refractivity (Wildman–Crippen MR) is 138 cm³/mol. The van der Waals surface area contributed by atoms with Crippen LogP contribution in [0.3, 0.4) is 0 Å². The van der Waals surface area contributed by atoms with Crippen molar-refractivity contribution in [3.8, 4) is 11.5 Å². The van der Waals surface area contributed by atoms with Gasteiger partial charge in [0.2, 0.25) is 11.0 Å². The van der Waals surface area contributed by atoms with Crippen LogP contribution in [0.1, 0.15) is 54.2 Å².